The van der Waals surface area contributed by atoms with Crippen LogP contribution in [-0.2, 0) is 6.42 Å². The van der Waals surface area contributed by atoms with Crippen molar-refractivity contribution in [3.05, 3.63) is 34.2 Å². The van der Waals surface area contributed by atoms with E-state index < -0.39 is 11.7 Å². The summed E-state index contributed by atoms with van der Waals surface area (Å²) in [5.74, 6) is 1.13. The smallest absolute Gasteiger partial charge is 0.336 e. The summed E-state index contributed by atoms with van der Waals surface area (Å²) in [7, 11) is 1.55. The number of ether oxygens (including phenoxy) is 2. The predicted molar refractivity (Wildman–Crippen MR) is 64.2 cm³/mol. The molecule has 1 aliphatic rings. The third-order valence-electron chi connectivity index (χ3n) is 3.00. The Morgan fingerprint density at radius 2 is 2.28 bits per heavy atom. The largest absolute Gasteiger partial charge is 0.493 e. The average molecular weight is 248 g/mol. The molecule has 0 aliphatic carbocycles. The van der Waals surface area contributed by atoms with Crippen LogP contribution in [0.4, 0.5) is 0 Å². The van der Waals surface area contributed by atoms with Crippen molar-refractivity contribution in [2.75, 3.05) is 13.7 Å². The third kappa shape index (κ3) is 1.64. The Morgan fingerprint density at radius 1 is 1.44 bits per heavy atom. The fraction of sp³-hybridized carbons (Fsp3) is 0.308. The fourth-order valence-electron chi connectivity index (χ4n) is 2.20. The van der Waals surface area contributed by atoms with E-state index in [0.717, 1.165) is 5.39 Å². The highest BCUT2D eigenvalue weighted by molar-refractivity contribution is 5.85. The molecule has 1 aromatic carbocycles. The SMILES string of the molecule is COc1cc2ccc(=O)oc2c2c1OCC(O)C2. The lowest BCUT2D eigenvalue weighted by atomic mass is 10.0. The van der Waals surface area contributed by atoms with E-state index in [4.69, 9.17) is 13.9 Å². The van der Waals surface area contributed by atoms with Gasteiger partial charge in [0, 0.05) is 23.4 Å². The van der Waals surface area contributed by atoms with E-state index in [-0.39, 0.29) is 6.61 Å². The third-order valence-corrected chi connectivity index (χ3v) is 3.00. The second-order valence-corrected chi connectivity index (χ2v) is 4.23. The minimum atomic E-state index is -0.599. The summed E-state index contributed by atoms with van der Waals surface area (Å²) in [6.45, 7) is 0.214. The van der Waals surface area contributed by atoms with E-state index >= 15 is 0 Å². The van der Waals surface area contributed by atoms with Gasteiger partial charge in [-0.3, -0.25) is 0 Å². The maximum Gasteiger partial charge on any atom is 0.336 e. The van der Waals surface area contributed by atoms with Gasteiger partial charge in [0.2, 0.25) is 0 Å². The van der Waals surface area contributed by atoms with Gasteiger partial charge in [-0.05, 0) is 12.1 Å². The average Bonchev–Trinajstić information content (AvgIpc) is 2.38. The molecule has 5 nitrogen and oxygen atoms in total. The molecule has 0 saturated heterocycles. The Hall–Kier alpha value is -2.01. The minimum Gasteiger partial charge on any atom is -0.493 e. The highest BCUT2D eigenvalue weighted by Gasteiger charge is 2.25. The Kier molecular flexibility index (Phi) is 2.48. The molecule has 1 N–H and O–H groups in total. The van der Waals surface area contributed by atoms with Crippen LogP contribution in [0.3, 0.4) is 0 Å². The van der Waals surface area contributed by atoms with Gasteiger partial charge in [-0.2, -0.15) is 0 Å². The van der Waals surface area contributed by atoms with Gasteiger partial charge >= 0.3 is 5.63 Å². The van der Waals surface area contributed by atoms with Crippen LogP contribution in [0.1, 0.15) is 5.56 Å². The molecule has 0 bridgehead atoms. The number of aliphatic hydroxyl groups is 1. The molecule has 1 atom stereocenters. The van der Waals surface area contributed by atoms with Gasteiger partial charge in [-0.1, -0.05) is 0 Å². The Balaban J connectivity index is 2.36. The van der Waals surface area contributed by atoms with Crippen molar-refractivity contribution >= 4 is 11.0 Å². The standard InChI is InChI=1S/C13H12O5/c1-16-10-4-7-2-3-11(15)18-12(7)9-5-8(14)6-17-13(9)10/h2-4,8,14H,5-6H2,1H3. The summed E-state index contributed by atoms with van der Waals surface area (Å²) in [6.07, 6.45) is -0.214. The minimum absolute atomic E-state index is 0.214. The predicted octanol–water partition coefficient (Wildman–Crippen LogP) is 1.10. The van der Waals surface area contributed by atoms with Crippen molar-refractivity contribution in [2.24, 2.45) is 0 Å². The van der Waals surface area contributed by atoms with Crippen LogP contribution < -0.4 is 15.1 Å². The first-order chi connectivity index (χ1) is 8.69. The summed E-state index contributed by atoms with van der Waals surface area (Å²) >= 11 is 0. The molecule has 0 amide bonds. The Morgan fingerprint density at radius 3 is 3.06 bits per heavy atom. The van der Waals surface area contributed by atoms with Gasteiger partial charge in [0.1, 0.15) is 12.2 Å². The normalized spacial score (nSPS) is 18.2. The maximum absolute atomic E-state index is 11.3. The van der Waals surface area contributed by atoms with E-state index in [2.05, 4.69) is 0 Å². The van der Waals surface area contributed by atoms with E-state index in [1.807, 2.05) is 0 Å². The van der Waals surface area contributed by atoms with Crippen LogP contribution in [0, 0.1) is 0 Å². The molecule has 0 saturated carbocycles. The monoisotopic (exact) mass is 248 g/mol. The lowest BCUT2D eigenvalue weighted by molar-refractivity contribution is 0.0900. The van der Waals surface area contributed by atoms with Crippen LogP contribution in [0.5, 0.6) is 11.5 Å². The molecule has 0 fully saturated rings. The topological polar surface area (TPSA) is 68.9 Å². The fourth-order valence-corrected chi connectivity index (χ4v) is 2.20. The van der Waals surface area contributed by atoms with E-state index in [1.165, 1.54) is 6.07 Å². The lowest BCUT2D eigenvalue weighted by Gasteiger charge is -2.24. The molecule has 2 heterocycles. The summed E-state index contributed by atoms with van der Waals surface area (Å²) in [5, 5.41) is 10.4. The lowest BCUT2D eigenvalue weighted by Crippen LogP contribution is -2.26. The van der Waals surface area contributed by atoms with Crippen LogP contribution in [0.25, 0.3) is 11.0 Å². The van der Waals surface area contributed by atoms with Crippen LogP contribution in [-0.4, -0.2) is 24.9 Å². The molecule has 0 radical (unpaired) electrons. The summed E-state index contributed by atoms with van der Waals surface area (Å²) < 4.78 is 15.9. The van der Waals surface area contributed by atoms with Gasteiger partial charge in [0.25, 0.3) is 0 Å². The molecule has 18 heavy (non-hydrogen) atoms. The first kappa shape index (κ1) is 11.1. The first-order valence-corrected chi connectivity index (χ1v) is 5.63. The number of aliphatic hydroxyl groups excluding tert-OH is 1. The molecular formula is C13H12O5. The molecule has 5 heteroatoms. The summed E-state index contributed by atoms with van der Waals surface area (Å²) in [5.41, 5.74) is 0.716. The summed E-state index contributed by atoms with van der Waals surface area (Å²) in [6, 6.07) is 4.79. The molecule has 94 valence electrons. The zero-order valence-corrected chi connectivity index (χ0v) is 9.80. The molecule has 2 aromatic rings. The number of rotatable bonds is 1. The number of hydrogen-bond donors (Lipinski definition) is 1. The van der Waals surface area contributed by atoms with Crippen LogP contribution >= 0.6 is 0 Å². The highest BCUT2D eigenvalue weighted by Crippen LogP contribution is 2.39. The van der Waals surface area contributed by atoms with Gasteiger partial charge < -0.3 is 19.0 Å². The van der Waals surface area contributed by atoms with Crippen molar-refractivity contribution in [3.63, 3.8) is 0 Å². The number of benzene rings is 1. The zero-order chi connectivity index (χ0) is 12.7. The quantitative estimate of drug-likeness (QED) is 0.765. The Labute approximate surface area is 103 Å². The molecule has 0 spiro atoms. The number of fused-ring (bicyclic) bond motifs is 3. The first-order valence-electron chi connectivity index (χ1n) is 5.63. The van der Waals surface area contributed by atoms with Gasteiger partial charge in [-0.25, -0.2) is 4.79 Å². The number of hydrogen-bond acceptors (Lipinski definition) is 5. The molecule has 1 unspecified atom stereocenters. The van der Waals surface area contributed by atoms with Gasteiger partial charge in [0.15, 0.2) is 11.5 Å². The van der Waals surface area contributed by atoms with Gasteiger partial charge in [-0.15, -0.1) is 0 Å². The zero-order valence-electron chi connectivity index (χ0n) is 9.80. The van der Waals surface area contributed by atoms with Crippen LogP contribution in [0.15, 0.2) is 27.4 Å². The molecular weight excluding hydrogens is 236 g/mol. The molecule has 1 aromatic heterocycles. The van der Waals surface area contributed by atoms with Gasteiger partial charge in [0.05, 0.1) is 13.2 Å². The Bertz CT molecular complexity index is 658. The van der Waals surface area contributed by atoms with Crippen molar-refractivity contribution in [2.45, 2.75) is 12.5 Å². The van der Waals surface area contributed by atoms with E-state index in [9.17, 15) is 9.90 Å². The molecule has 3 rings (SSSR count). The second kappa shape index (κ2) is 4.03. The van der Waals surface area contributed by atoms with Crippen LogP contribution in [0.2, 0.25) is 0 Å². The van der Waals surface area contributed by atoms with Crippen molar-refractivity contribution in [3.8, 4) is 11.5 Å². The second-order valence-electron chi connectivity index (χ2n) is 4.23. The molecule has 1 aliphatic heterocycles. The number of methoxy groups -OCH3 is 1. The van der Waals surface area contributed by atoms with E-state index in [1.54, 1.807) is 19.2 Å². The van der Waals surface area contributed by atoms with Crippen molar-refractivity contribution < 1.29 is 19.0 Å². The van der Waals surface area contributed by atoms with Crippen molar-refractivity contribution in [1.82, 2.24) is 0 Å². The summed E-state index contributed by atoms with van der Waals surface area (Å²) in [4.78, 5) is 11.3. The van der Waals surface area contributed by atoms with Crippen molar-refractivity contribution in [1.29, 1.82) is 0 Å². The van der Waals surface area contributed by atoms with E-state index in [0.29, 0.717) is 29.1 Å². The maximum atomic E-state index is 11.3. The highest BCUT2D eigenvalue weighted by atomic mass is 16.5.